The number of rotatable bonds is 4. The first-order valence-corrected chi connectivity index (χ1v) is 9.81. The number of hydrogen-bond acceptors (Lipinski definition) is 4. The third-order valence-electron chi connectivity index (χ3n) is 5.32. The molecule has 2 aromatic carbocycles. The summed E-state index contributed by atoms with van der Waals surface area (Å²) in [6, 6.07) is 16.8. The number of benzene rings is 2. The predicted octanol–water partition coefficient (Wildman–Crippen LogP) is 4.63. The number of nitrogens with zero attached hydrogens (tertiary/aromatic N) is 3. The second kappa shape index (κ2) is 7.37. The van der Waals surface area contributed by atoms with E-state index < -0.39 is 0 Å². The molecule has 0 bridgehead atoms. The van der Waals surface area contributed by atoms with Crippen molar-refractivity contribution in [3.63, 3.8) is 0 Å². The Balaban J connectivity index is 1.63. The molecule has 5 nitrogen and oxygen atoms in total. The second-order valence-corrected chi connectivity index (χ2v) is 7.33. The molecule has 0 radical (unpaired) electrons. The Morgan fingerprint density at radius 2 is 1.79 bits per heavy atom. The van der Waals surface area contributed by atoms with Gasteiger partial charge in [-0.1, -0.05) is 12.1 Å². The molecule has 1 saturated heterocycles. The monoisotopic (exact) mass is 391 g/mol. The predicted molar refractivity (Wildman–Crippen MR) is 111 cm³/mol. The lowest BCUT2D eigenvalue weighted by Crippen LogP contribution is -2.36. The van der Waals surface area contributed by atoms with Crippen molar-refractivity contribution >= 4 is 16.7 Å². The van der Waals surface area contributed by atoms with E-state index in [9.17, 15) is 4.39 Å². The molecule has 0 unspecified atom stereocenters. The van der Waals surface area contributed by atoms with Crippen molar-refractivity contribution in [2.75, 3.05) is 31.2 Å². The number of ether oxygens (including phenoxy) is 1. The Hall–Kier alpha value is -3.12. The first kappa shape index (κ1) is 17.9. The topological polar surface area (TPSA) is 43.4 Å². The molecule has 5 rings (SSSR count). The number of aromatic nitrogens is 2. The largest absolute Gasteiger partial charge is 0.458 e. The van der Waals surface area contributed by atoms with Gasteiger partial charge in [-0.15, -0.1) is 0 Å². The van der Waals surface area contributed by atoms with Gasteiger partial charge in [0.1, 0.15) is 11.6 Å². The van der Waals surface area contributed by atoms with Crippen LogP contribution in [0.1, 0.15) is 11.3 Å². The van der Waals surface area contributed by atoms with Gasteiger partial charge in [-0.3, -0.25) is 0 Å². The highest BCUT2D eigenvalue weighted by molar-refractivity contribution is 5.83. The fraction of sp³-hybridized carbons (Fsp3) is 0.261. The maximum Gasteiger partial charge on any atom is 0.177 e. The van der Waals surface area contributed by atoms with Crippen molar-refractivity contribution in [1.29, 1.82) is 0 Å². The Bertz CT molecular complexity index is 1140. The minimum absolute atomic E-state index is 0.235. The van der Waals surface area contributed by atoms with Crippen molar-refractivity contribution in [2.24, 2.45) is 0 Å². The molecule has 3 heterocycles. The van der Waals surface area contributed by atoms with Crippen LogP contribution in [0.4, 0.5) is 10.1 Å². The van der Waals surface area contributed by atoms with Crippen molar-refractivity contribution in [3.8, 4) is 11.6 Å². The van der Waals surface area contributed by atoms with Gasteiger partial charge in [-0.05, 0) is 55.0 Å². The van der Waals surface area contributed by atoms with Gasteiger partial charge in [-0.25, -0.2) is 9.37 Å². The van der Waals surface area contributed by atoms with E-state index >= 15 is 0 Å². The molecule has 0 atom stereocenters. The molecule has 6 heteroatoms. The van der Waals surface area contributed by atoms with E-state index in [4.69, 9.17) is 14.1 Å². The SMILES string of the molecule is Cc1ccc(-c2nc3ccc(N4CCOCC4)cc3n2Cc2ccc(F)cc2)o1. The summed E-state index contributed by atoms with van der Waals surface area (Å²) >= 11 is 0. The van der Waals surface area contributed by atoms with E-state index in [1.165, 1.54) is 12.1 Å². The number of aryl methyl sites for hydroxylation is 1. The smallest absolute Gasteiger partial charge is 0.177 e. The zero-order valence-corrected chi connectivity index (χ0v) is 16.3. The van der Waals surface area contributed by atoms with Crippen LogP contribution in [0.3, 0.4) is 0 Å². The molecule has 0 spiro atoms. The van der Waals surface area contributed by atoms with Crippen LogP contribution in [-0.2, 0) is 11.3 Å². The molecule has 2 aromatic heterocycles. The van der Waals surface area contributed by atoms with Gasteiger partial charge in [0, 0.05) is 25.3 Å². The first-order chi connectivity index (χ1) is 14.2. The summed E-state index contributed by atoms with van der Waals surface area (Å²) in [4.78, 5) is 7.18. The lowest BCUT2D eigenvalue weighted by atomic mass is 10.2. The fourth-order valence-corrected chi connectivity index (χ4v) is 3.80. The lowest BCUT2D eigenvalue weighted by molar-refractivity contribution is 0.122. The number of anilines is 1. The number of furan rings is 1. The number of morpholine rings is 1. The molecule has 1 aliphatic heterocycles. The first-order valence-electron chi connectivity index (χ1n) is 9.81. The third-order valence-corrected chi connectivity index (χ3v) is 5.32. The molecule has 4 aromatic rings. The zero-order chi connectivity index (χ0) is 19.8. The van der Waals surface area contributed by atoms with Crippen molar-refractivity contribution in [1.82, 2.24) is 9.55 Å². The third kappa shape index (κ3) is 3.51. The summed E-state index contributed by atoms with van der Waals surface area (Å²) in [5.41, 5.74) is 4.10. The average Bonchev–Trinajstić information content (AvgIpc) is 3.33. The van der Waals surface area contributed by atoms with Crippen molar-refractivity contribution in [2.45, 2.75) is 13.5 Å². The highest BCUT2D eigenvalue weighted by Gasteiger charge is 2.18. The van der Waals surface area contributed by atoms with Gasteiger partial charge in [0.2, 0.25) is 0 Å². The van der Waals surface area contributed by atoms with Crippen LogP contribution in [0, 0.1) is 12.7 Å². The Kier molecular flexibility index (Phi) is 4.56. The summed E-state index contributed by atoms with van der Waals surface area (Å²) in [6.07, 6.45) is 0. The molecule has 0 saturated carbocycles. The Labute approximate surface area is 168 Å². The highest BCUT2D eigenvalue weighted by atomic mass is 19.1. The average molecular weight is 391 g/mol. The van der Waals surface area contributed by atoms with Gasteiger partial charge in [0.25, 0.3) is 0 Å². The Morgan fingerprint density at radius 3 is 2.52 bits per heavy atom. The van der Waals surface area contributed by atoms with Crippen molar-refractivity contribution < 1.29 is 13.5 Å². The van der Waals surface area contributed by atoms with Crippen LogP contribution >= 0.6 is 0 Å². The normalized spacial score (nSPS) is 14.6. The van der Waals surface area contributed by atoms with Gasteiger partial charge >= 0.3 is 0 Å². The maximum atomic E-state index is 13.4. The molecular weight excluding hydrogens is 369 g/mol. The summed E-state index contributed by atoms with van der Waals surface area (Å²) in [5.74, 6) is 2.11. The molecule has 0 N–H and O–H groups in total. The van der Waals surface area contributed by atoms with E-state index in [1.807, 2.05) is 31.2 Å². The molecule has 29 heavy (non-hydrogen) atoms. The summed E-state index contributed by atoms with van der Waals surface area (Å²) < 4.78 is 26.9. The van der Waals surface area contributed by atoms with Crippen molar-refractivity contribution in [3.05, 3.63) is 71.7 Å². The molecule has 0 aliphatic carbocycles. The summed E-state index contributed by atoms with van der Waals surface area (Å²) in [6.45, 7) is 5.74. The molecular formula is C23H22FN3O2. The number of fused-ring (bicyclic) bond motifs is 1. The highest BCUT2D eigenvalue weighted by Crippen LogP contribution is 2.30. The van der Waals surface area contributed by atoms with Gasteiger partial charge < -0.3 is 18.6 Å². The van der Waals surface area contributed by atoms with Gasteiger partial charge in [-0.2, -0.15) is 0 Å². The van der Waals surface area contributed by atoms with Crippen LogP contribution in [0.25, 0.3) is 22.6 Å². The van der Waals surface area contributed by atoms with Crippen LogP contribution in [-0.4, -0.2) is 35.9 Å². The maximum absolute atomic E-state index is 13.4. The number of halogens is 1. The van der Waals surface area contributed by atoms with Crippen LogP contribution in [0.15, 0.2) is 59.0 Å². The quantitative estimate of drug-likeness (QED) is 0.509. The van der Waals surface area contributed by atoms with Crippen LogP contribution < -0.4 is 4.90 Å². The fourth-order valence-electron chi connectivity index (χ4n) is 3.80. The van der Waals surface area contributed by atoms with Gasteiger partial charge in [0.15, 0.2) is 11.6 Å². The lowest BCUT2D eigenvalue weighted by Gasteiger charge is -2.28. The van der Waals surface area contributed by atoms with Crippen LogP contribution in [0.2, 0.25) is 0 Å². The van der Waals surface area contributed by atoms with E-state index in [1.54, 1.807) is 0 Å². The second-order valence-electron chi connectivity index (χ2n) is 7.33. The molecule has 0 amide bonds. The van der Waals surface area contributed by atoms with E-state index in [0.717, 1.165) is 65.9 Å². The minimum Gasteiger partial charge on any atom is -0.458 e. The number of hydrogen-bond donors (Lipinski definition) is 0. The standard InChI is InChI=1S/C23H22FN3O2/c1-16-2-9-22(29-16)23-25-20-8-7-19(26-10-12-28-13-11-26)14-21(20)27(23)15-17-3-5-18(24)6-4-17/h2-9,14H,10-13,15H2,1H3. The van der Waals surface area contributed by atoms with E-state index in [-0.39, 0.29) is 5.82 Å². The molecule has 1 aliphatic rings. The minimum atomic E-state index is -0.235. The molecule has 148 valence electrons. The number of imidazole rings is 1. The zero-order valence-electron chi connectivity index (χ0n) is 16.3. The molecule has 1 fully saturated rings. The Morgan fingerprint density at radius 1 is 1.00 bits per heavy atom. The summed E-state index contributed by atoms with van der Waals surface area (Å²) in [7, 11) is 0. The summed E-state index contributed by atoms with van der Waals surface area (Å²) in [5, 5.41) is 0. The van der Waals surface area contributed by atoms with E-state index in [2.05, 4.69) is 27.7 Å². The van der Waals surface area contributed by atoms with Crippen LogP contribution in [0.5, 0.6) is 0 Å². The van der Waals surface area contributed by atoms with E-state index in [0.29, 0.717) is 6.54 Å². The van der Waals surface area contributed by atoms with Gasteiger partial charge in [0.05, 0.1) is 24.2 Å².